The molecule has 1 saturated heterocycles. The maximum Gasteiger partial charge on any atom is 0.387 e. The second kappa shape index (κ2) is 6.60. The van der Waals surface area contributed by atoms with Crippen LogP contribution in [-0.4, -0.2) is 31.7 Å². The Hall–Kier alpha value is -1.76. The van der Waals surface area contributed by atoms with Crippen LogP contribution in [-0.2, 0) is 0 Å². The Labute approximate surface area is 114 Å². The second-order valence-corrected chi connectivity index (χ2v) is 4.52. The number of carbonyl (C=O) groups excluding carboxylic acids is 1. The summed E-state index contributed by atoms with van der Waals surface area (Å²) in [5, 5.41) is 5.89. The lowest BCUT2D eigenvalue weighted by Crippen LogP contribution is -2.42. The Morgan fingerprint density at radius 2 is 2.05 bits per heavy atom. The third-order valence-electron chi connectivity index (χ3n) is 3.08. The Bertz CT molecular complexity index is 477. The molecule has 2 rings (SSSR count). The van der Waals surface area contributed by atoms with Crippen molar-refractivity contribution in [1.29, 1.82) is 0 Å². The van der Waals surface area contributed by atoms with Gasteiger partial charge in [0.2, 0.25) is 0 Å². The van der Waals surface area contributed by atoms with Gasteiger partial charge in [0.25, 0.3) is 5.91 Å². The third-order valence-corrected chi connectivity index (χ3v) is 3.08. The van der Waals surface area contributed by atoms with Gasteiger partial charge in [0.1, 0.15) is 11.6 Å². The molecule has 1 aromatic rings. The first-order chi connectivity index (χ1) is 9.56. The van der Waals surface area contributed by atoms with Crippen LogP contribution in [0.25, 0.3) is 0 Å². The molecule has 0 radical (unpaired) electrons. The summed E-state index contributed by atoms with van der Waals surface area (Å²) in [6.07, 6.45) is 1.52. The molecule has 1 heterocycles. The highest BCUT2D eigenvalue weighted by Crippen LogP contribution is 2.22. The van der Waals surface area contributed by atoms with E-state index in [1.54, 1.807) is 0 Å². The highest BCUT2D eigenvalue weighted by atomic mass is 19.3. The number of rotatable bonds is 4. The van der Waals surface area contributed by atoms with Crippen LogP contribution in [0.3, 0.4) is 0 Å². The molecule has 0 spiro atoms. The highest BCUT2D eigenvalue weighted by molar-refractivity contribution is 5.97. The fraction of sp³-hybridized carbons (Fsp3) is 0.462. The number of benzene rings is 1. The Morgan fingerprint density at radius 1 is 1.35 bits per heavy atom. The van der Waals surface area contributed by atoms with Crippen LogP contribution in [0.15, 0.2) is 18.2 Å². The molecule has 20 heavy (non-hydrogen) atoms. The molecule has 110 valence electrons. The van der Waals surface area contributed by atoms with Gasteiger partial charge in [-0.2, -0.15) is 8.78 Å². The number of alkyl halides is 2. The molecular weight excluding hydrogens is 273 g/mol. The van der Waals surface area contributed by atoms with E-state index in [1.165, 1.54) is 0 Å². The Balaban J connectivity index is 2.11. The number of piperidine rings is 1. The van der Waals surface area contributed by atoms with Crippen LogP contribution in [0.5, 0.6) is 5.75 Å². The lowest BCUT2D eigenvalue weighted by molar-refractivity contribution is -0.0503. The minimum Gasteiger partial charge on any atom is -0.434 e. The van der Waals surface area contributed by atoms with Crippen LogP contribution in [0.2, 0.25) is 0 Å². The van der Waals surface area contributed by atoms with Gasteiger partial charge in [0, 0.05) is 12.1 Å². The van der Waals surface area contributed by atoms with Gasteiger partial charge >= 0.3 is 6.61 Å². The maximum atomic E-state index is 13.1. The van der Waals surface area contributed by atoms with E-state index < -0.39 is 24.1 Å². The molecule has 0 aliphatic carbocycles. The predicted molar refractivity (Wildman–Crippen MR) is 66.4 cm³/mol. The molecule has 1 aliphatic rings. The van der Waals surface area contributed by atoms with E-state index in [0.717, 1.165) is 44.1 Å². The molecule has 1 amide bonds. The molecule has 0 saturated carbocycles. The zero-order chi connectivity index (χ0) is 14.5. The number of amides is 1. The van der Waals surface area contributed by atoms with Gasteiger partial charge < -0.3 is 15.4 Å². The van der Waals surface area contributed by atoms with Crippen molar-refractivity contribution in [1.82, 2.24) is 10.6 Å². The van der Waals surface area contributed by atoms with Crippen LogP contribution >= 0.6 is 0 Å². The average molecular weight is 288 g/mol. The second-order valence-electron chi connectivity index (χ2n) is 4.52. The summed E-state index contributed by atoms with van der Waals surface area (Å²) in [5.41, 5.74) is -0.0924. The first kappa shape index (κ1) is 14.6. The predicted octanol–water partition coefficient (Wildman–Crippen LogP) is 1.91. The zero-order valence-corrected chi connectivity index (χ0v) is 10.7. The van der Waals surface area contributed by atoms with Gasteiger partial charge in [-0.1, -0.05) is 0 Å². The zero-order valence-electron chi connectivity index (χ0n) is 10.7. The minimum atomic E-state index is -3.11. The standard InChI is InChI=1S/C13H15F3N2O2/c14-8-1-2-10(11(7-8)20-13(15)16)12(19)18-9-3-5-17-6-4-9/h1-2,7,9,13,17H,3-6H2,(H,18,19). The molecule has 2 N–H and O–H groups in total. The molecule has 0 aromatic heterocycles. The molecule has 1 fully saturated rings. The largest absolute Gasteiger partial charge is 0.434 e. The van der Waals surface area contributed by atoms with Gasteiger partial charge in [-0.25, -0.2) is 4.39 Å². The summed E-state index contributed by atoms with van der Waals surface area (Å²) in [7, 11) is 0. The Kier molecular flexibility index (Phi) is 4.84. The van der Waals surface area contributed by atoms with Crippen LogP contribution in [0.4, 0.5) is 13.2 Å². The fourth-order valence-corrected chi connectivity index (χ4v) is 2.11. The normalized spacial score (nSPS) is 16.2. The van der Waals surface area contributed by atoms with Crippen molar-refractivity contribution >= 4 is 5.91 Å². The molecule has 4 nitrogen and oxygen atoms in total. The monoisotopic (exact) mass is 288 g/mol. The molecule has 1 aromatic carbocycles. The van der Waals surface area contributed by atoms with E-state index in [1.807, 2.05) is 0 Å². The van der Waals surface area contributed by atoms with Gasteiger partial charge in [0.05, 0.1) is 5.56 Å². The van der Waals surface area contributed by atoms with Crippen molar-refractivity contribution < 1.29 is 22.7 Å². The average Bonchev–Trinajstić information content (AvgIpc) is 2.39. The first-order valence-corrected chi connectivity index (χ1v) is 6.32. The lowest BCUT2D eigenvalue weighted by atomic mass is 10.1. The number of hydrogen-bond acceptors (Lipinski definition) is 3. The van der Waals surface area contributed by atoms with Crippen LogP contribution in [0.1, 0.15) is 23.2 Å². The van der Waals surface area contributed by atoms with E-state index in [9.17, 15) is 18.0 Å². The van der Waals surface area contributed by atoms with Crippen molar-refractivity contribution in [2.45, 2.75) is 25.5 Å². The molecule has 0 bridgehead atoms. The van der Waals surface area contributed by atoms with Gasteiger partial charge in [-0.05, 0) is 38.1 Å². The maximum absolute atomic E-state index is 13.1. The molecular formula is C13H15F3N2O2. The summed E-state index contributed by atoms with van der Waals surface area (Å²) >= 11 is 0. The van der Waals surface area contributed by atoms with Crippen molar-refractivity contribution in [3.63, 3.8) is 0 Å². The summed E-state index contributed by atoms with van der Waals surface area (Å²) in [4.78, 5) is 12.0. The van der Waals surface area contributed by atoms with Gasteiger partial charge in [0.15, 0.2) is 0 Å². The first-order valence-electron chi connectivity index (χ1n) is 6.32. The number of nitrogens with one attached hydrogen (secondary N) is 2. The summed E-state index contributed by atoms with van der Waals surface area (Å²) in [6, 6.07) is 2.94. The fourth-order valence-electron chi connectivity index (χ4n) is 2.11. The van der Waals surface area contributed by atoms with Gasteiger partial charge in [-0.3, -0.25) is 4.79 Å². The SMILES string of the molecule is O=C(NC1CCNCC1)c1ccc(F)cc1OC(F)F. The van der Waals surface area contributed by atoms with E-state index in [2.05, 4.69) is 15.4 Å². The molecule has 0 atom stereocenters. The molecule has 0 unspecified atom stereocenters. The lowest BCUT2D eigenvalue weighted by Gasteiger charge is -2.24. The van der Waals surface area contributed by atoms with Crippen molar-refractivity contribution in [3.05, 3.63) is 29.6 Å². The van der Waals surface area contributed by atoms with Crippen molar-refractivity contribution in [2.24, 2.45) is 0 Å². The minimum absolute atomic E-state index is 0.0202. The van der Waals surface area contributed by atoms with E-state index in [4.69, 9.17) is 0 Å². The van der Waals surface area contributed by atoms with Crippen molar-refractivity contribution in [3.8, 4) is 5.75 Å². The van der Waals surface area contributed by atoms with Crippen LogP contribution < -0.4 is 15.4 Å². The number of hydrogen-bond donors (Lipinski definition) is 2. The summed E-state index contributed by atoms with van der Waals surface area (Å²) in [6.45, 7) is -1.54. The Morgan fingerprint density at radius 3 is 2.70 bits per heavy atom. The summed E-state index contributed by atoms with van der Waals surface area (Å²) < 4.78 is 41.8. The molecule has 1 aliphatic heterocycles. The van der Waals surface area contributed by atoms with Crippen LogP contribution in [0, 0.1) is 5.82 Å². The number of halogens is 3. The quantitative estimate of drug-likeness (QED) is 0.890. The topological polar surface area (TPSA) is 50.4 Å². The van der Waals surface area contributed by atoms with Gasteiger partial charge in [-0.15, -0.1) is 0 Å². The number of ether oxygens (including phenoxy) is 1. The van der Waals surface area contributed by atoms with E-state index in [-0.39, 0.29) is 11.6 Å². The van der Waals surface area contributed by atoms with E-state index in [0.29, 0.717) is 0 Å². The molecule has 7 heteroatoms. The van der Waals surface area contributed by atoms with E-state index >= 15 is 0 Å². The summed E-state index contributed by atoms with van der Waals surface area (Å²) in [5.74, 6) is -1.72. The highest BCUT2D eigenvalue weighted by Gasteiger charge is 2.20. The van der Waals surface area contributed by atoms with Crippen molar-refractivity contribution in [2.75, 3.05) is 13.1 Å². The number of carbonyl (C=O) groups is 1. The smallest absolute Gasteiger partial charge is 0.387 e. The third kappa shape index (κ3) is 3.86.